The molecule has 0 amide bonds. The monoisotopic (exact) mass is 432 g/mol. The summed E-state index contributed by atoms with van der Waals surface area (Å²) in [4.78, 5) is 4.22. The Hall–Kier alpha value is -3.55. The minimum atomic E-state index is -4.49. The number of hydrogen-bond acceptors (Lipinski definition) is 2. The van der Waals surface area contributed by atoms with Crippen molar-refractivity contribution in [3.63, 3.8) is 0 Å². The molecule has 4 aromatic rings. The second-order valence-corrected chi connectivity index (χ2v) is 6.84. The third-order valence-corrected chi connectivity index (χ3v) is 4.78. The Morgan fingerprint density at radius 3 is 2.10 bits per heavy atom. The summed E-state index contributed by atoms with van der Waals surface area (Å²) < 4.78 is 78.3. The van der Waals surface area contributed by atoms with Crippen LogP contribution < -0.4 is 5.32 Å². The zero-order chi connectivity index (χ0) is 22.2. The van der Waals surface area contributed by atoms with Gasteiger partial charge < -0.3 is 5.32 Å². The molecule has 158 valence electrons. The van der Waals surface area contributed by atoms with E-state index in [1.54, 1.807) is 30.3 Å². The first-order valence-corrected chi connectivity index (χ1v) is 9.12. The van der Waals surface area contributed by atoms with E-state index in [0.717, 1.165) is 18.2 Å². The number of alkyl halides is 6. The van der Waals surface area contributed by atoms with Gasteiger partial charge in [-0.25, -0.2) is 4.98 Å². The van der Waals surface area contributed by atoms with Gasteiger partial charge in [0.05, 0.1) is 11.1 Å². The number of halogens is 6. The quantitative estimate of drug-likeness (QED) is 0.336. The molecule has 2 nitrogen and oxygen atoms in total. The SMILES string of the molecule is FC(F)(F)c1ccc(Nc2nccc3cc(-c4ccccc4C(F)(F)F)ccc23)cc1. The van der Waals surface area contributed by atoms with Gasteiger partial charge in [-0.1, -0.05) is 30.3 Å². The second-order valence-electron chi connectivity index (χ2n) is 6.84. The number of hydrogen-bond donors (Lipinski definition) is 1. The van der Waals surface area contributed by atoms with E-state index in [0.29, 0.717) is 27.8 Å². The lowest BCUT2D eigenvalue weighted by Gasteiger charge is -2.14. The van der Waals surface area contributed by atoms with Gasteiger partial charge in [0.2, 0.25) is 0 Å². The number of pyridine rings is 1. The summed E-state index contributed by atoms with van der Waals surface area (Å²) in [5, 5.41) is 4.22. The maximum absolute atomic E-state index is 13.4. The number of anilines is 2. The highest BCUT2D eigenvalue weighted by atomic mass is 19.4. The summed E-state index contributed by atoms with van der Waals surface area (Å²) in [7, 11) is 0. The van der Waals surface area contributed by atoms with Gasteiger partial charge in [-0.05, 0) is 59.0 Å². The predicted molar refractivity (Wildman–Crippen MR) is 107 cm³/mol. The van der Waals surface area contributed by atoms with E-state index in [4.69, 9.17) is 0 Å². The van der Waals surface area contributed by atoms with E-state index in [9.17, 15) is 26.3 Å². The molecule has 0 aliphatic carbocycles. The molecule has 0 aliphatic rings. The van der Waals surface area contributed by atoms with Gasteiger partial charge in [0.15, 0.2) is 0 Å². The summed E-state index contributed by atoms with van der Waals surface area (Å²) in [6.45, 7) is 0. The van der Waals surface area contributed by atoms with Crippen molar-refractivity contribution >= 4 is 22.3 Å². The van der Waals surface area contributed by atoms with Crippen LogP contribution in [0.25, 0.3) is 21.9 Å². The van der Waals surface area contributed by atoms with Crippen LogP contribution in [0.3, 0.4) is 0 Å². The fourth-order valence-corrected chi connectivity index (χ4v) is 3.31. The fourth-order valence-electron chi connectivity index (χ4n) is 3.31. The van der Waals surface area contributed by atoms with Gasteiger partial charge in [0.1, 0.15) is 5.82 Å². The van der Waals surface area contributed by atoms with Crippen LogP contribution in [0.1, 0.15) is 11.1 Å². The summed E-state index contributed by atoms with van der Waals surface area (Å²) in [6, 6.07) is 16.3. The Morgan fingerprint density at radius 1 is 0.710 bits per heavy atom. The topological polar surface area (TPSA) is 24.9 Å². The van der Waals surface area contributed by atoms with Gasteiger partial charge >= 0.3 is 12.4 Å². The molecule has 0 fully saturated rings. The summed E-state index contributed by atoms with van der Waals surface area (Å²) in [5.74, 6) is 0.382. The molecular formula is C23H14F6N2. The highest BCUT2D eigenvalue weighted by molar-refractivity contribution is 5.96. The molecule has 1 N–H and O–H groups in total. The molecule has 3 aromatic carbocycles. The lowest BCUT2D eigenvalue weighted by atomic mass is 9.97. The Kier molecular flexibility index (Phi) is 5.08. The van der Waals surface area contributed by atoms with Crippen molar-refractivity contribution in [3.8, 4) is 11.1 Å². The number of rotatable bonds is 3. The van der Waals surface area contributed by atoms with Crippen molar-refractivity contribution in [2.75, 3.05) is 5.32 Å². The molecule has 4 rings (SSSR count). The first-order chi connectivity index (χ1) is 14.6. The average Bonchev–Trinajstić information content (AvgIpc) is 2.73. The largest absolute Gasteiger partial charge is 0.417 e. The minimum Gasteiger partial charge on any atom is -0.340 e. The van der Waals surface area contributed by atoms with Gasteiger partial charge in [-0.2, -0.15) is 26.3 Å². The number of nitrogens with one attached hydrogen (secondary N) is 1. The first-order valence-electron chi connectivity index (χ1n) is 9.12. The molecule has 0 saturated carbocycles. The van der Waals surface area contributed by atoms with Crippen LogP contribution in [-0.4, -0.2) is 4.98 Å². The highest BCUT2D eigenvalue weighted by Crippen LogP contribution is 2.38. The molecule has 1 heterocycles. The molecule has 0 saturated heterocycles. The fraction of sp³-hybridized carbons (Fsp3) is 0.0870. The van der Waals surface area contributed by atoms with E-state index in [1.165, 1.54) is 30.5 Å². The number of nitrogens with zero attached hydrogens (tertiary/aromatic N) is 1. The number of benzene rings is 3. The molecule has 0 aliphatic heterocycles. The van der Waals surface area contributed by atoms with Gasteiger partial charge in [0, 0.05) is 17.3 Å². The molecule has 8 heteroatoms. The van der Waals surface area contributed by atoms with Crippen LogP contribution in [0, 0.1) is 0 Å². The molecule has 0 spiro atoms. The summed E-state index contributed by atoms with van der Waals surface area (Å²) in [5.41, 5.74) is -0.638. The number of fused-ring (bicyclic) bond motifs is 1. The Balaban J connectivity index is 1.70. The van der Waals surface area contributed by atoms with E-state index in [2.05, 4.69) is 10.3 Å². The lowest BCUT2D eigenvalue weighted by molar-refractivity contribution is -0.138. The van der Waals surface area contributed by atoms with Crippen molar-refractivity contribution in [2.45, 2.75) is 12.4 Å². The molecule has 0 bridgehead atoms. The molecule has 1 aromatic heterocycles. The standard InChI is InChI=1S/C23H14F6N2/c24-22(25,26)16-6-8-17(9-7-16)31-21-19-10-5-14(13-15(19)11-12-30-21)18-3-1-2-4-20(18)23(27,28)29/h1-13H,(H,30,31). The molecular weight excluding hydrogens is 418 g/mol. The molecule has 0 atom stereocenters. The van der Waals surface area contributed by atoms with Gasteiger partial charge in [-0.3, -0.25) is 0 Å². The lowest BCUT2D eigenvalue weighted by Crippen LogP contribution is -2.06. The summed E-state index contributed by atoms with van der Waals surface area (Å²) >= 11 is 0. The van der Waals surface area contributed by atoms with Gasteiger partial charge in [-0.15, -0.1) is 0 Å². The Labute approximate surface area is 173 Å². The van der Waals surface area contributed by atoms with Crippen LogP contribution >= 0.6 is 0 Å². The van der Waals surface area contributed by atoms with Crippen LogP contribution in [0.2, 0.25) is 0 Å². The smallest absolute Gasteiger partial charge is 0.340 e. The third kappa shape index (κ3) is 4.33. The predicted octanol–water partition coefficient (Wildman–Crippen LogP) is 7.68. The molecule has 0 unspecified atom stereocenters. The average molecular weight is 432 g/mol. The van der Waals surface area contributed by atoms with Gasteiger partial charge in [0.25, 0.3) is 0 Å². The van der Waals surface area contributed by atoms with Crippen molar-refractivity contribution in [3.05, 3.63) is 90.1 Å². The second kappa shape index (κ2) is 7.61. The van der Waals surface area contributed by atoms with Crippen molar-refractivity contribution in [2.24, 2.45) is 0 Å². The Bertz CT molecular complexity index is 1230. The zero-order valence-electron chi connectivity index (χ0n) is 15.7. The normalized spacial score (nSPS) is 12.2. The molecule has 31 heavy (non-hydrogen) atoms. The highest BCUT2D eigenvalue weighted by Gasteiger charge is 2.33. The third-order valence-electron chi connectivity index (χ3n) is 4.78. The van der Waals surface area contributed by atoms with Crippen LogP contribution in [0.5, 0.6) is 0 Å². The first kappa shape index (κ1) is 20.7. The minimum absolute atomic E-state index is 0.0611. The van der Waals surface area contributed by atoms with E-state index in [1.807, 2.05) is 0 Å². The maximum Gasteiger partial charge on any atom is 0.417 e. The van der Waals surface area contributed by atoms with E-state index in [-0.39, 0.29) is 5.56 Å². The molecule has 0 radical (unpaired) electrons. The maximum atomic E-state index is 13.4. The Morgan fingerprint density at radius 2 is 1.42 bits per heavy atom. The summed E-state index contributed by atoms with van der Waals surface area (Å²) in [6.07, 6.45) is -7.44. The van der Waals surface area contributed by atoms with Crippen molar-refractivity contribution < 1.29 is 26.3 Å². The van der Waals surface area contributed by atoms with Crippen molar-refractivity contribution in [1.82, 2.24) is 4.98 Å². The van der Waals surface area contributed by atoms with E-state index >= 15 is 0 Å². The number of aromatic nitrogens is 1. The van der Waals surface area contributed by atoms with Crippen LogP contribution in [0.4, 0.5) is 37.8 Å². The van der Waals surface area contributed by atoms with Crippen LogP contribution in [-0.2, 0) is 12.4 Å². The van der Waals surface area contributed by atoms with Crippen LogP contribution in [0.15, 0.2) is 79.0 Å². The zero-order valence-corrected chi connectivity index (χ0v) is 15.7. The van der Waals surface area contributed by atoms with Crippen molar-refractivity contribution in [1.29, 1.82) is 0 Å². The van der Waals surface area contributed by atoms with E-state index < -0.39 is 23.5 Å².